The van der Waals surface area contributed by atoms with Gasteiger partial charge in [-0.3, -0.25) is 4.79 Å². The topological polar surface area (TPSA) is 135 Å². The Balaban J connectivity index is 2.30. The summed E-state index contributed by atoms with van der Waals surface area (Å²) in [6.45, 7) is 4.35. The predicted molar refractivity (Wildman–Crippen MR) is 233 cm³/mol. The van der Waals surface area contributed by atoms with Crippen molar-refractivity contribution in [3.8, 4) is 0 Å². The summed E-state index contributed by atoms with van der Waals surface area (Å²) in [5.74, 6) is -0.335. The lowest BCUT2D eigenvalue weighted by molar-refractivity contribution is -0.305. The molecule has 9 nitrogen and oxygen atoms in total. The highest BCUT2D eigenvalue weighted by molar-refractivity contribution is 5.69. The van der Waals surface area contributed by atoms with E-state index in [-0.39, 0.29) is 19.2 Å². The average molecular weight is 803 g/mol. The van der Waals surface area contributed by atoms with Crippen molar-refractivity contribution in [3.05, 3.63) is 72.9 Å². The largest absolute Gasteiger partial charge is 0.457 e. The predicted octanol–water partition coefficient (Wildman–Crippen LogP) is 10.1. The highest BCUT2D eigenvalue weighted by Crippen LogP contribution is 2.22. The fourth-order valence-corrected chi connectivity index (χ4v) is 6.33. The monoisotopic (exact) mass is 803 g/mol. The second-order valence-electron chi connectivity index (χ2n) is 15.1. The van der Waals surface area contributed by atoms with Crippen LogP contribution in [0.2, 0.25) is 0 Å². The van der Waals surface area contributed by atoms with E-state index in [4.69, 9.17) is 18.9 Å². The van der Waals surface area contributed by atoms with E-state index in [0.717, 1.165) is 103 Å². The number of aliphatic hydroxyl groups is 4. The molecule has 0 saturated carbocycles. The van der Waals surface area contributed by atoms with Crippen LogP contribution < -0.4 is 0 Å². The number of allylic oxidation sites excluding steroid dienone is 12. The van der Waals surface area contributed by atoms with Gasteiger partial charge in [0.25, 0.3) is 0 Å². The SMILES string of the molecule is CC/C=C\C/C=C\C/C=C\C/C=C\C/C=C\CCCCCCOCC(COC1OC(CO)C(O)C(O)C1O)OC(=O)CCCCCCC/C=C\CCCCCCC. The lowest BCUT2D eigenvalue weighted by atomic mass is 9.99. The van der Waals surface area contributed by atoms with Gasteiger partial charge in [0.2, 0.25) is 0 Å². The maximum Gasteiger partial charge on any atom is 0.306 e. The van der Waals surface area contributed by atoms with E-state index in [1.54, 1.807) is 0 Å². The van der Waals surface area contributed by atoms with Crippen LogP contribution >= 0.6 is 0 Å². The van der Waals surface area contributed by atoms with E-state index < -0.39 is 43.4 Å². The van der Waals surface area contributed by atoms with Gasteiger partial charge in [0.1, 0.15) is 30.5 Å². The number of hydrogen-bond acceptors (Lipinski definition) is 9. The summed E-state index contributed by atoms with van der Waals surface area (Å²) in [6, 6.07) is 0. The van der Waals surface area contributed by atoms with Gasteiger partial charge >= 0.3 is 5.97 Å². The van der Waals surface area contributed by atoms with Crippen molar-refractivity contribution in [3.63, 3.8) is 0 Å². The van der Waals surface area contributed by atoms with E-state index in [9.17, 15) is 25.2 Å². The van der Waals surface area contributed by atoms with Crippen molar-refractivity contribution in [2.24, 2.45) is 0 Å². The van der Waals surface area contributed by atoms with Crippen LogP contribution in [0.3, 0.4) is 0 Å². The van der Waals surface area contributed by atoms with E-state index in [1.807, 2.05) is 0 Å². The Morgan fingerprint density at radius 3 is 1.63 bits per heavy atom. The number of unbranched alkanes of at least 4 members (excludes halogenated alkanes) is 14. The molecule has 4 N–H and O–H groups in total. The molecule has 0 aromatic heterocycles. The fourth-order valence-electron chi connectivity index (χ4n) is 6.33. The lowest BCUT2D eigenvalue weighted by Crippen LogP contribution is -2.59. The Kier molecular flexibility index (Phi) is 36.1. The summed E-state index contributed by atoms with van der Waals surface area (Å²) in [5, 5.41) is 40.1. The fraction of sp³-hybridized carbons (Fsp3) is 0.729. The van der Waals surface area contributed by atoms with Crippen molar-refractivity contribution in [2.45, 2.75) is 198 Å². The first-order valence-corrected chi connectivity index (χ1v) is 22.5. The molecule has 328 valence electrons. The number of ether oxygens (including phenoxy) is 4. The number of aliphatic hydroxyl groups excluding tert-OH is 4. The third kappa shape index (κ3) is 30.4. The van der Waals surface area contributed by atoms with E-state index in [2.05, 4.69) is 86.8 Å². The molecular formula is C48H82O9. The van der Waals surface area contributed by atoms with Gasteiger partial charge in [0.05, 0.1) is 19.8 Å². The van der Waals surface area contributed by atoms with Crippen molar-refractivity contribution >= 4 is 5.97 Å². The molecule has 6 unspecified atom stereocenters. The first-order valence-electron chi connectivity index (χ1n) is 22.5. The Bertz CT molecular complexity index is 1100. The van der Waals surface area contributed by atoms with Crippen LogP contribution in [0.4, 0.5) is 0 Å². The summed E-state index contributed by atoms with van der Waals surface area (Å²) >= 11 is 0. The standard InChI is InChI=1S/C48H82O9/c1-3-5-7-9-11-13-15-17-19-20-21-22-23-24-26-28-30-32-34-36-38-54-40-42(41-55-48-47(53)46(52)45(51)43(39-49)57-48)56-44(50)37-35-33-31-29-27-25-18-16-14-12-10-8-6-4-2/h5,7,11,13,16-19,21-22,24,26,42-43,45-49,51-53H,3-4,6,8-10,12,14-15,20,23,25,27-41H2,1-2H3/b7-5-,13-11-,18-16-,19-17-,22-21-,26-24-. The highest BCUT2D eigenvalue weighted by atomic mass is 16.7. The maximum absolute atomic E-state index is 12.8. The lowest BCUT2D eigenvalue weighted by Gasteiger charge is -2.39. The first kappa shape index (κ1) is 52.6. The van der Waals surface area contributed by atoms with Gasteiger partial charge in [-0.2, -0.15) is 0 Å². The van der Waals surface area contributed by atoms with Crippen molar-refractivity contribution in [1.29, 1.82) is 0 Å². The Labute approximate surface area is 347 Å². The molecular weight excluding hydrogens is 721 g/mol. The summed E-state index contributed by atoms with van der Waals surface area (Å²) in [6.07, 6.45) is 43.5. The molecule has 6 atom stereocenters. The Morgan fingerprint density at radius 1 is 0.579 bits per heavy atom. The van der Waals surface area contributed by atoms with E-state index in [0.29, 0.717) is 13.0 Å². The first-order chi connectivity index (χ1) is 27.9. The molecule has 0 aliphatic carbocycles. The summed E-state index contributed by atoms with van der Waals surface area (Å²) in [4.78, 5) is 12.8. The second kappa shape index (κ2) is 39.1. The van der Waals surface area contributed by atoms with Crippen molar-refractivity contribution < 1.29 is 44.2 Å². The molecule has 1 rings (SSSR count). The van der Waals surface area contributed by atoms with Crippen LogP contribution in [0.15, 0.2) is 72.9 Å². The molecule has 1 fully saturated rings. The molecule has 1 aliphatic heterocycles. The van der Waals surface area contributed by atoms with Gasteiger partial charge in [0, 0.05) is 13.0 Å². The van der Waals surface area contributed by atoms with Gasteiger partial charge in [-0.1, -0.05) is 145 Å². The molecule has 0 spiro atoms. The number of carbonyl (C=O) groups is 1. The third-order valence-corrected chi connectivity index (χ3v) is 9.86. The molecule has 1 aliphatic rings. The van der Waals surface area contributed by atoms with Crippen LogP contribution in [0, 0.1) is 0 Å². The zero-order valence-corrected chi connectivity index (χ0v) is 35.8. The third-order valence-electron chi connectivity index (χ3n) is 9.86. The molecule has 0 radical (unpaired) electrons. The molecule has 0 amide bonds. The number of esters is 1. The minimum Gasteiger partial charge on any atom is -0.457 e. The molecule has 9 heteroatoms. The van der Waals surface area contributed by atoms with Gasteiger partial charge in [-0.05, 0) is 83.5 Å². The minimum absolute atomic E-state index is 0.120. The summed E-state index contributed by atoms with van der Waals surface area (Å²) in [7, 11) is 0. The maximum atomic E-state index is 12.8. The number of carbonyl (C=O) groups excluding carboxylic acids is 1. The summed E-state index contributed by atoms with van der Waals surface area (Å²) in [5.41, 5.74) is 0. The van der Waals surface area contributed by atoms with Crippen LogP contribution in [0.25, 0.3) is 0 Å². The molecule has 1 saturated heterocycles. The highest BCUT2D eigenvalue weighted by Gasteiger charge is 2.44. The van der Waals surface area contributed by atoms with Crippen LogP contribution in [0.1, 0.15) is 162 Å². The molecule has 0 aromatic carbocycles. The van der Waals surface area contributed by atoms with Gasteiger partial charge in [-0.25, -0.2) is 0 Å². The summed E-state index contributed by atoms with van der Waals surface area (Å²) < 4.78 is 22.8. The quantitative estimate of drug-likeness (QED) is 0.0275. The molecule has 0 aromatic rings. The van der Waals surface area contributed by atoms with E-state index in [1.165, 1.54) is 38.5 Å². The van der Waals surface area contributed by atoms with Crippen LogP contribution in [-0.4, -0.2) is 89.6 Å². The minimum atomic E-state index is -1.55. The smallest absolute Gasteiger partial charge is 0.306 e. The zero-order chi connectivity index (χ0) is 41.4. The van der Waals surface area contributed by atoms with Gasteiger partial charge in [-0.15, -0.1) is 0 Å². The Hall–Kier alpha value is -2.37. The normalized spacial score (nSPS) is 21.1. The zero-order valence-electron chi connectivity index (χ0n) is 35.8. The van der Waals surface area contributed by atoms with Crippen LogP contribution in [0.5, 0.6) is 0 Å². The Morgan fingerprint density at radius 2 is 1.07 bits per heavy atom. The van der Waals surface area contributed by atoms with Crippen molar-refractivity contribution in [2.75, 3.05) is 26.4 Å². The van der Waals surface area contributed by atoms with E-state index >= 15 is 0 Å². The molecule has 0 bridgehead atoms. The average Bonchev–Trinajstić information content (AvgIpc) is 3.21. The molecule has 57 heavy (non-hydrogen) atoms. The number of rotatable bonds is 37. The van der Waals surface area contributed by atoms with Gasteiger partial charge in [0.15, 0.2) is 6.29 Å². The number of hydrogen-bond donors (Lipinski definition) is 4. The van der Waals surface area contributed by atoms with Crippen molar-refractivity contribution in [1.82, 2.24) is 0 Å². The second-order valence-corrected chi connectivity index (χ2v) is 15.1. The van der Waals surface area contributed by atoms with Gasteiger partial charge < -0.3 is 39.4 Å². The van der Waals surface area contributed by atoms with Crippen LogP contribution in [-0.2, 0) is 23.7 Å². The molecule has 1 heterocycles.